The first-order chi connectivity index (χ1) is 14.4. The van der Waals surface area contributed by atoms with Crippen LogP contribution >= 0.6 is 22.6 Å². The van der Waals surface area contributed by atoms with Crippen molar-refractivity contribution < 1.29 is 23.2 Å². The molecule has 1 saturated heterocycles. The monoisotopic (exact) mass is 518 g/mol. The average Bonchev–Trinajstić information content (AvgIpc) is 3.35. The lowest BCUT2D eigenvalue weighted by Gasteiger charge is -2.27. The van der Waals surface area contributed by atoms with E-state index in [-0.39, 0.29) is 24.4 Å². The Labute approximate surface area is 185 Å². The van der Waals surface area contributed by atoms with E-state index >= 15 is 0 Å². The molecule has 1 aliphatic rings. The molecule has 0 saturated carbocycles. The number of carbonyl (C=O) groups excluding carboxylic acids is 3. The van der Waals surface area contributed by atoms with Gasteiger partial charge in [0.05, 0.1) is 24.9 Å². The summed E-state index contributed by atoms with van der Waals surface area (Å²) in [6.07, 6.45) is 1.33. The minimum Gasteiger partial charge on any atom is -0.467 e. The number of benzene rings is 2. The molecule has 3 aromatic rings. The lowest BCUT2D eigenvalue weighted by molar-refractivity contribution is -0.122. The zero-order valence-electron chi connectivity index (χ0n) is 15.6. The van der Waals surface area contributed by atoms with E-state index < -0.39 is 23.7 Å². The molecule has 0 radical (unpaired) electrons. The van der Waals surface area contributed by atoms with Crippen LogP contribution in [0.25, 0.3) is 0 Å². The number of halogens is 2. The number of rotatable bonds is 5. The molecule has 4 rings (SSSR count). The van der Waals surface area contributed by atoms with Crippen LogP contribution in [0.15, 0.2) is 71.3 Å². The molecule has 1 aliphatic heterocycles. The van der Waals surface area contributed by atoms with Gasteiger partial charge in [-0.1, -0.05) is 0 Å². The van der Waals surface area contributed by atoms with Crippen LogP contribution in [0.2, 0.25) is 0 Å². The molecule has 152 valence electrons. The zero-order valence-corrected chi connectivity index (χ0v) is 17.8. The number of anilines is 1. The van der Waals surface area contributed by atoms with Gasteiger partial charge in [-0.15, -0.1) is 0 Å². The van der Waals surface area contributed by atoms with Crippen LogP contribution in [0.3, 0.4) is 0 Å². The van der Waals surface area contributed by atoms with E-state index in [0.717, 1.165) is 8.47 Å². The summed E-state index contributed by atoms with van der Waals surface area (Å²) in [5.74, 6) is -1.35. The third-order valence-corrected chi connectivity index (χ3v) is 5.56. The molecule has 1 atom stereocenters. The van der Waals surface area contributed by atoms with Gasteiger partial charge in [0, 0.05) is 9.13 Å². The number of hydrogen-bond donors (Lipinski definition) is 0. The fourth-order valence-electron chi connectivity index (χ4n) is 3.37. The smallest absolute Gasteiger partial charge is 0.257 e. The number of nitrogens with zero attached hydrogens (tertiary/aromatic N) is 2. The van der Waals surface area contributed by atoms with E-state index in [4.69, 9.17) is 4.42 Å². The Morgan fingerprint density at radius 3 is 2.43 bits per heavy atom. The van der Waals surface area contributed by atoms with Gasteiger partial charge in [0.15, 0.2) is 0 Å². The summed E-state index contributed by atoms with van der Waals surface area (Å²) in [6, 6.07) is 14.4. The molecule has 0 bridgehead atoms. The number of furan rings is 1. The first kappa shape index (κ1) is 20.3. The largest absolute Gasteiger partial charge is 0.467 e. The van der Waals surface area contributed by atoms with Gasteiger partial charge in [-0.3, -0.25) is 14.4 Å². The molecule has 6 nitrogen and oxygen atoms in total. The highest BCUT2D eigenvalue weighted by Crippen LogP contribution is 2.28. The molecule has 0 N–H and O–H groups in total. The molecule has 30 heavy (non-hydrogen) atoms. The van der Waals surface area contributed by atoms with Gasteiger partial charge in [-0.2, -0.15) is 0 Å². The summed E-state index contributed by atoms with van der Waals surface area (Å²) in [7, 11) is 0. The minimum absolute atomic E-state index is 0.00737. The lowest BCUT2D eigenvalue weighted by atomic mass is 10.1. The normalized spacial score (nSPS) is 16.2. The van der Waals surface area contributed by atoms with Crippen molar-refractivity contribution in [3.05, 3.63) is 87.6 Å². The fraction of sp³-hybridized carbons (Fsp3) is 0.136. The second-order valence-electron chi connectivity index (χ2n) is 6.78. The van der Waals surface area contributed by atoms with Gasteiger partial charge in [0.2, 0.25) is 5.91 Å². The van der Waals surface area contributed by atoms with Crippen molar-refractivity contribution in [1.29, 1.82) is 0 Å². The molecule has 2 aromatic carbocycles. The van der Waals surface area contributed by atoms with Crippen molar-refractivity contribution in [2.24, 2.45) is 0 Å². The number of amides is 3. The quantitative estimate of drug-likeness (QED) is 0.379. The predicted octanol–water partition coefficient (Wildman–Crippen LogP) is 4.00. The lowest BCUT2D eigenvalue weighted by Crippen LogP contribution is -2.45. The molecular weight excluding hydrogens is 502 g/mol. The highest BCUT2D eigenvalue weighted by Gasteiger charge is 2.44. The Morgan fingerprint density at radius 2 is 1.80 bits per heavy atom. The third-order valence-electron chi connectivity index (χ3n) is 4.84. The molecule has 8 heteroatoms. The Kier molecular flexibility index (Phi) is 5.67. The number of carbonyl (C=O) groups is 3. The summed E-state index contributed by atoms with van der Waals surface area (Å²) in [4.78, 5) is 41.5. The number of imide groups is 1. The Hall–Kier alpha value is -3.01. The first-order valence-electron chi connectivity index (χ1n) is 9.15. The maximum Gasteiger partial charge on any atom is 0.257 e. The van der Waals surface area contributed by atoms with E-state index in [1.165, 1.54) is 35.4 Å². The molecular formula is C22H16FIN2O4. The molecule has 3 amide bonds. The molecule has 0 aliphatic carbocycles. The third kappa shape index (κ3) is 4.00. The second kappa shape index (κ2) is 8.39. The maximum absolute atomic E-state index is 13.3. The predicted molar refractivity (Wildman–Crippen MR) is 115 cm³/mol. The summed E-state index contributed by atoms with van der Waals surface area (Å²) in [5, 5.41) is 0. The van der Waals surface area contributed by atoms with E-state index in [9.17, 15) is 18.8 Å². The van der Waals surface area contributed by atoms with Gasteiger partial charge < -0.3 is 9.32 Å². The summed E-state index contributed by atoms with van der Waals surface area (Å²) < 4.78 is 19.6. The van der Waals surface area contributed by atoms with Crippen molar-refractivity contribution in [3.63, 3.8) is 0 Å². The molecule has 1 unspecified atom stereocenters. The van der Waals surface area contributed by atoms with Crippen LogP contribution in [0.5, 0.6) is 0 Å². The van der Waals surface area contributed by atoms with E-state index in [0.29, 0.717) is 11.4 Å². The van der Waals surface area contributed by atoms with Crippen molar-refractivity contribution >= 4 is 46.0 Å². The summed E-state index contributed by atoms with van der Waals surface area (Å²) in [6.45, 7) is 0.00737. The van der Waals surface area contributed by atoms with Crippen molar-refractivity contribution in [1.82, 2.24) is 4.90 Å². The second-order valence-corrected chi connectivity index (χ2v) is 8.03. The standard InChI is InChI=1S/C22H16FIN2O4/c23-15-5-3-14(4-6-15)21(28)25(13-18-2-1-11-30-18)19-12-20(27)26(22(19)29)17-9-7-16(24)8-10-17/h1-11,19H,12-13H2. The van der Waals surface area contributed by atoms with Gasteiger partial charge in [0.25, 0.3) is 11.8 Å². The SMILES string of the molecule is O=C1CC(N(Cc2ccco2)C(=O)c2ccc(F)cc2)C(=O)N1c1ccc(I)cc1. The Morgan fingerprint density at radius 1 is 1.10 bits per heavy atom. The Bertz CT molecular complexity index is 1080. The average molecular weight is 518 g/mol. The topological polar surface area (TPSA) is 70.8 Å². The van der Waals surface area contributed by atoms with Gasteiger partial charge in [0.1, 0.15) is 17.6 Å². The van der Waals surface area contributed by atoms with Crippen LogP contribution in [-0.4, -0.2) is 28.7 Å². The molecule has 1 fully saturated rings. The van der Waals surface area contributed by atoms with Crippen molar-refractivity contribution in [3.8, 4) is 0 Å². The van der Waals surface area contributed by atoms with E-state index in [2.05, 4.69) is 22.6 Å². The van der Waals surface area contributed by atoms with Crippen LogP contribution < -0.4 is 4.90 Å². The highest BCUT2D eigenvalue weighted by molar-refractivity contribution is 14.1. The minimum atomic E-state index is -0.987. The fourth-order valence-corrected chi connectivity index (χ4v) is 3.73. The van der Waals surface area contributed by atoms with Crippen LogP contribution in [0.1, 0.15) is 22.5 Å². The number of hydrogen-bond acceptors (Lipinski definition) is 4. The van der Waals surface area contributed by atoms with Gasteiger partial charge in [-0.25, -0.2) is 9.29 Å². The first-order valence-corrected chi connectivity index (χ1v) is 10.2. The summed E-state index contributed by atoms with van der Waals surface area (Å²) in [5.41, 5.74) is 0.677. The Balaban J connectivity index is 1.67. The van der Waals surface area contributed by atoms with E-state index in [1.807, 2.05) is 0 Å². The van der Waals surface area contributed by atoms with Crippen LogP contribution in [0, 0.1) is 9.39 Å². The van der Waals surface area contributed by atoms with Crippen molar-refractivity contribution in [2.75, 3.05) is 4.90 Å². The maximum atomic E-state index is 13.3. The van der Waals surface area contributed by atoms with Gasteiger partial charge in [-0.05, 0) is 83.3 Å². The van der Waals surface area contributed by atoms with Gasteiger partial charge >= 0.3 is 0 Å². The highest BCUT2D eigenvalue weighted by atomic mass is 127. The molecule has 0 spiro atoms. The molecule has 2 heterocycles. The van der Waals surface area contributed by atoms with Crippen LogP contribution in [-0.2, 0) is 16.1 Å². The van der Waals surface area contributed by atoms with Crippen molar-refractivity contribution in [2.45, 2.75) is 19.0 Å². The summed E-state index contributed by atoms with van der Waals surface area (Å²) >= 11 is 2.14. The van der Waals surface area contributed by atoms with Crippen LogP contribution in [0.4, 0.5) is 10.1 Å². The van der Waals surface area contributed by atoms with E-state index in [1.54, 1.807) is 36.4 Å². The zero-order chi connectivity index (χ0) is 21.3. The molecule has 1 aromatic heterocycles.